The number of nitrogens with zero attached hydrogens (tertiary/aromatic N) is 8. The van der Waals surface area contributed by atoms with Gasteiger partial charge in [-0.15, -0.1) is 5.10 Å². The molecule has 5 aromatic heterocycles. The smallest absolute Gasteiger partial charge is 0.319 e. The largest absolute Gasteiger partial charge is 0.402 e. The van der Waals surface area contributed by atoms with E-state index < -0.39 is 6.04 Å². The minimum atomic E-state index is -0.405. The van der Waals surface area contributed by atoms with Gasteiger partial charge >= 0.3 is 6.01 Å². The van der Waals surface area contributed by atoms with Crippen LogP contribution in [0, 0.1) is 5.82 Å². The lowest BCUT2D eigenvalue weighted by Crippen LogP contribution is -2.36. The van der Waals surface area contributed by atoms with Gasteiger partial charge in [0.25, 0.3) is 5.89 Å². The van der Waals surface area contributed by atoms with Crippen LogP contribution in [0.3, 0.4) is 0 Å². The summed E-state index contributed by atoms with van der Waals surface area (Å²) in [5.74, 6) is -0.0512. The molecule has 10 nitrogen and oxygen atoms in total. The van der Waals surface area contributed by atoms with E-state index in [0.29, 0.717) is 35.4 Å². The lowest BCUT2D eigenvalue weighted by atomic mass is 10.0. The first-order valence-corrected chi connectivity index (χ1v) is 9.30. The maximum Gasteiger partial charge on any atom is 0.319 e. The molecule has 0 aromatic carbocycles. The number of hydrogen-bond donors (Lipinski definition) is 1. The predicted octanol–water partition coefficient (Wildman–Crippen LogP) is 2.19. The number of halogens is 1. The molecule has 1 N–H and O–H groups in total. The van der Waals surface area contributed by atoms with Gasteiger partial charge < -0.3 is 14.3 Å². The van der Waals surface area contributed by atoms with E-state index in [1.807, 2.05) is 4.90 Å². The molecule has 0 bridgehead atoms. The molecular formula is C19H14FN9O. The molecule has 0 saturated carbocycles. The first kappa shape index (κ1) is 16.8. The minimum Gasteiger partial charge on any atom is -0.402 e. The first-order chi connectivity index (χ1) is 14.8. The summed E-state index contributed by atoms with van der Waals surface area (Å²) in [6.45, 7) is 0.599. The molecule has 0 aliphatic carbocycles. The van der Waals surface area contributed by atoms with Gasteiger partial charge in [0.2, 0.25) is 0 Å². The second kappa shape index (κ2) is 6.44. The molecule has 0 saturated heterocycles. The molecule has 1 aliphatic heterocycles. The monoisotopic (exact) mass is 403 g/mol. The van der Waals surface area contributed by atoms with Crippen LogP contribution in [0.4, 0.5) is 10.4 Å². The molecule has 30 heavy (non-hydrogen) atoms. The van der Waals surface area contributed by atoms with E-state index in [0.717, 1.165) is 17.8 Å². The van der Waals surface area contributed by atoms with Crippen LogP contribution in [0.1, 0.15) is 23.1 Å². The highest BCUT2D eigenvalue weighted by atomic mass is 19.1. The first-order valence-electron chi connectivity index (χ1n) is 9.30. The number of aromatic amines is 1. The van der Waals surface area contributed by atoms with Gasteiger partial charge in [-0.1, -0.05) is 5.10 Å². The number of hydrogen-bond acceptors (Lipinski definition) is 8. The number of H-pyrrole nitrogens is 1. The lowest BCUT2D eigenvalue weighted by Gasteiger charge is -2.32. The number of rotatable bonds is 3. The summed E-state index contributed by atoms with van der Waals surface area (Å²) < 4.78 is 21.7. The maximum atomic E-state index is 14.3. The Kier molecular flexibility index (Phi) is 3.60. The second-order valence-electron chi connectivity index (χ2n) is 6.85. The molecule has 1 atom stereocenters. The molecule has 6 heterocycles. The summed E-state index contributed by atoms with van der Waals surface area (Å²) in [5, 5.41) is 12.9. The number of fused-ring (bicyclic) bond motifs is 2. The second-order valence-corrected chi connectivity index (χ2v) is 6.85. The third-order valence-electron chi connectivity index (χ3n) is 5.14. The summed E-state index contributed by atoms with van der Waals surface area (Å²) in [4.78, 5) is 17.7. The highest BCUT2D eigenvalue weighted by Gasteiger charge is 2.36. The van der Waals surface area contributed by atoms with E-state index in [1.54, 1.807) is 36.9 Å². The number of pyridine rings is 1. The van der Waals surface area contributed by atoms with Crippen molar-refractivity contribution >= 4 is 11.5 Å². The average molecular weight is 403 g/mol. The summed E-state index contributed by atoms with van der Waals surface area (Å²) in [6, 6.07) is 6.35. The molecule has 6 rings (SSSR count). The van der Waals surface area contributed by atoms with Crippen LogP contribution >= 0.6 is 0 Å². The maximum absolute atomic E-state index is 14.3. The van der Waals surface area contributed by atoms with Crippen LogP contribution in [0.15, 0.2) is 53.7 Å². The number of anilines is 1. The van der Waals surface area contributed by atoms with Crippen molar-refractivity contribution in [1.29, 1.82) is 0 Å². The molecule has 11 heteroatoms. The summed E-state index contributed by atoms with van der Waals surface area (Å²) in [5.41, 5.74) is 3.36. The van der Waals surface area contributed by atoms with E-state index in [9.17, 15) is 4.39 Å². The van der Waals surface area contributed by atoms with Crippen molar-refractivity contribution in [2.45, 2.75) is 12.5 Å². The van der Waals surface area contributed by atoms with E-state index in [2.05, 4.69) is 35.2 Å². The van der Waals surface area contributed by atoms with E-state index in [1.165, 1.54) is 16.9 Å². The third-order valence-corrected chi connectivity index (χ3v) is 5.14. The Labute approximate surface area is 168 Å². The van der Waals surface area contributed by atoms with Crippen molar-refractivity contribution in [3.8, 4) is 11.6 Å². The van der Waals surface area contributed by atoms with Gasteiger partial charge in [-0.05, 0) is 24.3 Å². The van der Waals surface area contributed by atoms with Crippen LogP contribution < -0.4 is 4.90 Å². The lowest BCUT2D eigenvalue weighted by molar-refractivity contribution is 0.502. The zero-order valence-corrected chi connectivity index (χ0v) is 15.5. The van der Waals surface area contributed by atoms with Crippen molar-refractivity contribution in [3.05, 3.63) is 72.2 Å². The highest BCUT2D eigenvalue weighted by molar-refractivity contribution is 5.53. The highest BCUT2D eigenvalue weighted by Crippen LogP contribution is 2.36. The van der Waals surface area contributed by atoms with Crippen molar-refractivity contribution in [2.75, 3.05) is 11.4 Å². The third kappa shape index (κ3) is 2.55. The fourth-order valence-corrected chi connectivity index (χ4v) is 3.77. The van der Waals surface area contributed by atoms with E-state index in [-0.39, 0.29) is 5.82 Å². The number of imidazole rings is 1. The van der Waals surface area contributed by atoms with Crippen LogP contribution in [0.5, 0.6) is 0 Å². The Morgan fingerprint density at radius 1 is 1.20 bits per heavy atom. The Hall–Kier alpha value is -4.15. The number of aromatic nitrogens is 8. The number of nitrogens with one attached hydrogen (secondary N) is 1. The van der Waals surface area contributed by atoms with E-state index in [4.69, 9.17) is 4.42 Å². The molecule has 1 aliphatic rings. The fraction of sp³-hybridized carbons (Fsp3) is 0.158. The van der Waals surface area contributed by atoms with Crippen LogP contribution in [0.2, 0.25) is 0 Å². The van der Waals surface area contributed by atoms with Gasteiger partial charge in [-0.25, -0.2) is 23.9 Å². The van der Waals surface area contributed by atoms with Crippen LogP contribution in [0.25, 0.3) is 17.1 Å². The summed E-state index contributed by atoms with van der Waals surface area (Å²) in [6.07, 6.45) is 7.11. The average Bonchev–Trinajstić information content (AvgIpc) is 3.52. The molecule has 0 amide bonds. The topological polar surface area (TPSA) is 114 Å². The molecule has 148 valence electrons. The van der Waals surface area contributed by atoms with Gasteiger partial charge in [0.15, 0.2) is 0 Å². The van der Waals surface area contributed by atoms with Gasteiger partial charge in [-0.2, -0.15) is 5.10 Å². The van der Waals surface area contributed by atoms with Gasteiger partial charge in [0.05, 0.1) is 17.7 Å². The minimum absolute atomic E-state index is 0.292. The SMILES string of the molecule is Fc1cccn2nc([C@@H]3c4nc[nH]c4CCN3c3nnc(-c4ccncn4)o3)cc12. The van der Waals surface area contributed by atoms with Crippen molar-refractivity contribution in [2.24, 2.45) is 0 Å². The quantitative estimate of drug-likeness (QED) is 0.488. The fourth-order valence-electron chi connectivity index (χ4n) is 3.77. The Morgan fingerprint density at radius 3 is 3.03 bits per heavy atom. The zero-order valence-electron chi connectivity index (χ0n) is 15.5. The molecule has 0 radical (unpaired) electrons. The molecule has 0 spiro atoms. The van der Waals surface area contributed by atoms with Crippen molar-refractivity contribution in [1.82, 2.24) is 39.7 Å². The summed E-state index contributed by atoms with van der Waals surface area (Å²) in [7, 11) is 0. The van der Waals surface area contributed by atoms with E-state index >= 15 is 0 Å². The molecule has 0 fully saturated rings. The Bertz CT molecular complexity index is 1340. The van der Waals surface area contributed by atoms with Crippen molar-refractivity contribution < 1.29 is 8.81 Å². The molecule has 0 unspecified atom stereocenters. The predicted molar refractivity (Wildman–Crippen MR) is 102 cm³/mol. The Morgan fingerprint density at radius 2 is 2.17 bits per heavy atom. The molecule has 5 aromatic rings. The van der Waals surface area contributed by atoms with Crippen LogP contribution in [-0.4, -0.2) is 46.3 Å². The standard InChI is InChI=1S/C19H14FN9O/c20-11-2-1-6-29-15(11)8-14(27-29)17-16-12(23-10-24-16)4-7-28(17)19-26-25-18(30-19)13-3-5-21-9-22-13/h1-3,5-6,8-10,17H,4,7H2,(H,23,24)/t17-/m1/s1. The normalized spacial score (nSPS) is 16.2. The van der Waals surface area contributed by atoms with Gasteiger partial charge in [0, 0.05) is 31.1 Å². The van der Waals surface area contributed by atoms with Crippen molar-refractivity contribution in [3.63, 3.8) is 0 Å². The van der Waals surface area contributed by atoms with Gasteiger partial charge in [0.1, 0.15) is 29.4 Å². The summed E-state index contributed by atoms with van der Waals surface area (Å²) >= 11 is 0. The Balaban J connectivity index is 1.46. The molecular weight excluding hydrogens is 389 g/mol. The van der Waals surface area contributed by atoms with Crippen LogP contribution in [-0.2, 0) is 6.42 Å². The zero-order chi connectivity index (χ0) is 20.1. The van der Waals surface area contributed by atoms with Gasteiger partial charge in [-0.3, -0.25) is 0 Å².